The Morgan fingerprint density at radius 1 is 0.644 bits per heavy atom. The number of para-hydroxylation sites is 1. The number of hydrogen-bond donors (Lipinski definition) is 0. The third kappa shape index (κ3) is 4.02. The topological polar surface area (TPSA) is 65.8 Å². The van der Waals surface area contributed by atoms with E-state index in [1.165, 1.54) is 55.5 Å². The molecule has 3 aliphatic heterocycles. The zero-order valence-corrected chi connectivity index (χ0v) is 31.8. The molecule has 7 nitrogen and oxygen atoms in total. The van der Waals surface area contributed by atoms with Crippen molar-refractivity contribution in [2.75, 3.05) is 0 Å². The molecular weight excluding hydrogens is 721 g/mol. The molecule has 0 spiro atoms. The summed E-state index contributed by atoms with van der Waals surface area (Å²) >= 11 is 0. The van der Waals surface area contributed by atoms with Gasteiger partial charge in [-0.1, -0.05) is 91.0 Å². The van der Waals surface area contributed by atoms with E-state index in [2.05, 4.69) is 147 Å². The summed E-state index contributed by atoms with van der Waals surface area (Å²) in [5.41, 5.74) is 21.1. The van der Waals surface area contributed by atoms with E-state index in [0.717, 1.165) is 73.8 Å². The van der Waals surface area contributed by atoms with Gasteiger partial charge in [0.2, 0.25) is 0 Å². The first-order valence-corrected chi connectivity index (χ1v) is 20.4. The van der Waals surface area contributed by atoms with Crippen molar-refractivity contribution in [3.05, 3.63) is 186 Å². The van der Waals surface area contributed by atoms with Crippen molar-refractivity contribution in [2.24, 2.45) is 4.99 Å². The summed E-state index contributed by atoms with van der Waals surface area (Å²) in [5.74, 6) is 0.120. The van der Waals surface area contributed by atoms with Crippen LogP contribution in [0, 0.1) is 0 Å². The van der Waals surface area contributed by atoms with E-state index in [0.29, 0.717) is 0 Å². The smallest absolute Gasteiger partial charge is 0.252 e. The minimum atomic E-state index is -0.0539. The Balaban J connectivity index is 1.21. The Labute approximate surface area is 338 Å². The van der Waals surface area contributed by atoms with E-state index in [9.17, 15) is 0 Å². The highest BCUT2D eigenvalue weighted by Crippen LogP contribution is 2.49. The molecule has 10 aromatic rings. The standard InChI is InChI=1S/C51H32BN7/c1-3-13-30(14-4-1)35-27-31-15-7-8-18-34(31)42-46-49-36(21-25-55-46)52-37-22-26-56-47-43-45-39(20-10-12-24-54-45)57(33-16-5-2-6-17-33)51(43)59(50(37)47)41-29-32(38-19-9-11-23-53-38)28-40(44(41)52)58(49)48(35)42/h1-9,11-26,28-29,35H,10,27H2. The first-order valence-electron chi connectivity index (χ1n) is 20.4. The molecule has 59 heavy (non-hydrogen) atoms. The van der Waals surface area contributed by atoms with Crippen LogP contribution in [0.15, 0.2) is 163 Å². The molecule has 1 atom stereocenters. The molecule has 1 unspecified atom stereocenters. The lowest BCUT2D eigenvalue weighted by Crippen LogP contribution is -2.59. The number of hydrogen-bond acceptors (Lipinski definition) is 4. The maximum absolute atomic E-state index is 5.29. The van der Waals surface area contributed by atoms with E-state index in [4.69, 9.17) is 19.9 Å². The normalized spacial score (nSPS) is 15.3. The summed E-state index contributed by atoms with van der Waals surface area (Å²) in [4.78, 5) is 20.6. The summed E-state index contributed by atoms with van der Waals surface area (Å²) in [6.45, 7) is -0.0539. The van der Waals surface area contributed by atoms with Crippen LogP contribution in [0.1, 0.15) is 29.2 Å². The van der Waals surface area contributed by atoms with Crippen LogP contribution in [0.25, 0.3) is 78.6 Å². The van der Waals surface area contributed by atoms with Gasteiger partial charge in [0.1, 0.15) is 5.65 Å². The van der Waals surface area contributed by atoms with Gasteiger partial charge in [-0.25, -0.2) is 0 Å². The molecule has 0 bridgehead atoms. The number of benzene rings is 4. The van der Waals surface area contributed by atoms with Crippen molar-refractivity contribution in [3.63, 3.8) is 0 Å². The number of allylic oxidation sites excluding steroid dienone is 1. The molecule has 0 amide bonds. The lowest BCUT2D eigenvalue weighted by Gasteiger charge is -2.35. The molecule has 274 valence electrons. The lowest BCUT2D eigenvalue weighted by atomic mass is 9.34. The monoisotopic (exact) mass is 753 g/mol. The second-order valence-corrected chi connectivity index (χ2v) is 16.1. The lowest BCUT2D eigenvalue weighted by molar-refractivity contribution is 0.746. The summed E-state index contributed by atoms with van der Waals surface area (Å²) in [5, 5.41) is 3.11. The molecule has 0 saturated carbocycles. The van der Waals surface area contributed by atoms with E-state index in [-0.39, 0.29) is 12.6 Å². The largest absolute Gasteiger partial charge is 0.312 e. The van der Waals surface area contributed by atoms with Crippen molar-refractivity contribution in [3.8, 4) is 39.4 Å². The van der Waals surface area contributed by atoms with Gasteiger partial charge in [0.25, 0.3) is 6.71 Å². The highest BCUT2D eigenvalue weighted by molar-refractivity contribution is 7.00. The maximum atomic E-state index is 5.29. The number of aromatic nitrogens is 6. The van der Waals surface area contributed by atoms with Gasteiger partial charge in [0.15, 0.2) is 0 Å². The summed E-state index contributed by atoms with van der Waals surface area (Å²) in [7, 11) is 0. The van der Waals surface area contributed by atoms with Crippen LogP contribution < -0.4 is 27.1 Å². The minimum absolute atomic E-state index is 0.0539. The van der Waals surface area contributed by atoms with Gasteiger partial charge in [-0.15, -0.1) is 0 Å². The van der Waals surface area contributed by atoms with Crippen molar-refractivity contribution >= 4 is 62.3 Å². The highest BCUT2D eigenvalue weighted by atomic mass is 15.2. The van der Waals surface area contributed by atoms with Crippen molar-refractivity contribution in [1.82, 2.24) is 28.7 Å². The molecule has 9 heterocycles. The quantitative estimate of drug-likeness (QED) is 0.180. The van der Waals surface area contributed by atoms with Gasteiger partial charge in [-0.3, -0.25) is 29.1 Å². The SMILES string of the molecule is C1=CN=c2c(n(-c3ccccc3)c3c2c2nccc4c2n3-c2cc(-c3ccccn3)cc3c2B4c2ccnc4c5c(n-3c24)C(c2ccccc2)Cc2ccccc2-5)=CC1. The number of pyridine rings is 3. The molecule has 0 saturated heterocycles. The number of rotatable bonds is 3. The second-order valence-electron chi connectivity index (χ2n) is 16.1. The van der Waals surface area contributed by atoms with E-state index in [1.807, 2.05) is 30.9 Å². The number of nitrogens with zero attached hydrogens (tertiary/aromatic N) is 7. The third-order valence-corrected chi connectivity index (χ3v) is 13.2. The molecular formula is C51H32BN7. The molecule has 4 aromatic carbocycles. The van der Waals surface area contributed by atoms with Gasteiger partial charge < -0.3 is 4.57 Å². The maximum Gasteiger partial charge on any atom is 0.252 e. The van der Waals surface area contributed by atoms with Crippen LogP contribution >= 0.6 is 0 Å². The van der Waals surface area contributed by atoms with E-state index >= 15 is 0 Å². The van der Waals surface area contributed by atoms with Gasteiger partial charge in [-0.05, 0) is 94.5 Å². The predicted molar refractivity (Wildman–Crippen MR) is 237 cm³/mol. The van der Waals surface area contributed by atoms with Gasteiger partial charge in [0.05, 0.1) is 43.9 Å². The van der Waals surface area contributed by atoms with Crippen LogP contribution in [0.5, 0.6) is 0 Å². The Kier molecular flexibility index (Phi) is 6.15. The van der Waals surface area contributed by atoms with Gasteiger partial charge >= 0.3 is 0 Å². The van der Waals surface area contributed by atoms with Crippen molar-refractivity contribution in [2.45, 2.75) is 18.8 Å². The fourth-order valence-electron chi connectivity index (χ4n) is 11.0. The Morgan fingerprint density at radius 2 is 1.37 bits per heavy atom. The van der Waals surface area contributed by atoms with Crippen molar-refractivity contribution < 1.29 is 0 Å². The first kappa shape index (κ1) is 31.5. The minimum Gasteiger partial charge on any atom is -0.312 e. The average Bonchev–Trinajstić information content (AvgIpc) is 3.86. The second kappa shape index (κ2) is 11.5. The fraction of sp³-hybridized carbons (Fsp3) is 0.0588. The molecule has 14 rings (SSSR count). The predicted octanol–water partition coefficient (Wildman–Crippen LogP) is 7.19. The Bertz CT molecular complexity index is 3620. The third-order valence-electron chi connectivity index (χ3n) is 13.2. The Morgan fingerprint density at radius 3 is 2.19 bits per heavy atom. The zero-order valence-electron chi connectivity index (χ0n) is 31.8. The molecule has 1 aliphatic carbocycles. The Hall–Kier alpha value is -7.58. The van der Waals surface area contributed by atoms with Gasteiger partial charge in [-0.2, -0.15) is 0 Å². The summed E-state index contributed by atoms with van der Waals surface area (Å²) in [6.07, 6.45) is 14.0. The average molecular weight is 754 g/mol. The van der Waals surface area contributed by atoms with Crippen molar-refractivity contribution in [1.29, 1.82) is 0 Å². The number of fused-ring (bicyclic) bond motifs is 14. The van der Waals surface area contributed by atoms with Crippen LogP contribution in [0.3, 0.4) is 0 Å². The van der Waals surface area contributed by atoms with Crippen LogP contribution in [-0.2, 0) is 6.42 Å². The summed E-state index contributed by atoms with van der Waals surface area (Å²) < 4.78 is 7.52. The highest BCUT2D eigenvalue weighted by Gasteiger charge is 2.45. The molecule has 0 N–H and O–H groups in total. The molecule has 6 aromatic heterocycles. The van der Waals surface area contributed by atoms with Crippen LogP contribution in [-0.4, -0.2) is 35.4 Å². The van der Waals surface area contributed by atoms with E-state index < -0.39 is 0 Å². The van der Waals surface area contributed by atoms with E-state index in [1.54, 1.807) is 0 Å². The molecule has 8 heteroatoms. The molecule has 0 radical (unpaired) electrons. The van der Waals surface area contributed by atoms with Gasteiger partial charge in [0, 0.05) is 64.6 Å². The van der Waals surface area contributed by atoms with Crippen LogP contribution in [0.4, 0.5) is 0 Å². The molecule has 4 aliphatic rings. The first-order chi connectivity index (χ1) is 29.3. The fourth-order valence-corrected chi connectivity index (χ4v) is 11.0. The molecule has 0 fully saturated rings. The van der Waals surface area contributed by atoms with Crippen LogP contribution in [0.2, 0.25) is 0 Å². The summed E-state index contributed by atoms with van der Waals surface area (Å²) in [6, 6.07) is 46.2. The zero-order chi connectivity index (χ0) is 38.3.